The quantitative estimate of drug-likeness (QED) is 0.798. The molecule has 1 amide bonds. The summed E-state index contributed by atoms with van der Waals surface area (Å²) in [6.07, 6.45) is -0.185. The SMILES string of the molecule is COc1ccc(Cl)cc1NC(=O)CCS(=O)(=O)N(C)c1ccccc1. The minimum atomic E-state index is -3.61. The van der Waals surface area contributed by atoms with Crippen molar-refractivity contribution in [3.8, 4) is 5.75 Å². The van der Waals surface area contributed by atoms with E-state index in [-0.39, 0.29) is 12.2 Å². The van der Waals surface area contributed by atoms with E-state index in [9.17, 15) is 13.2 Å². The van der Waals surface area contributed by atoms with E-state index in [4.69, 9.17) is 16.3 Å². The molecular weight excluding hydrogens is 364 g/mol. The van der Waals surface area contributed by atoms with Gasteiger partial charge < -0.3 is 10.1 Å². The van der Waals surface area contributed by atoms with E-state index in [1.54, 1.807) is 48.5 Å². The van der Waals surface area contributed by atoms with Crippen LogP contribution in [0.15, 0.2) is 48.5 Å². The van der Waals surface area contributed by atoms with Gasteiger partial charge in [-0.25, -0.2) is 8.42 Å². The number of ether oxygens (including phenoxy) is 1. The molecular formula is C17H19ClN2O4S. The average Bonchev–Trinajstić information content (AvgIpc) is 2.60. The van der Waals surface area contributed by atoms with E-state index in [1.165, 1.54) is 18.5 Å². The lowest BCUT2D eigenvalue weighted by atomic mass is 10.3. The Morgan fingerprint density at radius 3 is 2.52 bits per heavy atom. The summed E-state index contributed by atoms with van der Waals surface area (Å²) < 4.78 is 31.0. The number of anilines is 2. The minimum absolute atomic E-state index is 0.185. The molecule has 8 heteroatoms. The third kappa shape index (κ3) is 5.11. The number of carbonyl (C=O) groups is 1. The lowest BCUT2D eigenvalue weighted by Gasteiger charge is -2.19. The van der Waals surface area contributed by atoms with Crippen molar-refractivity contribution in [2.75, 3.05) is 29.5 Å². The van der Waals surface area contributed by atoms with Crippen molar-refractivity contribution in [1.29, 1.82) is 0 Å². The molecule has 2 aromatic carbocycles. The van der Waals surface area contributed by atoms with Crippen LogP contribution in [0.2, 0.25) is 5.02 Å². The number of hydrogen-bond donors (Lipinski definition) is 1. The van der Waals surface area contributed by atoms with Crippen LogP contribution in [0.1, 0.15) is 6.42 Å². The summed E-state index contributed by atoms with van der Waals surface area (Å²) in [7, 11) is -0.678. The van der Waals surface area contributed by atoms with Gasteiger partial charge in [-0.1, -0.05) is 29.8 Å². The second-order valence-corrected chi connectivity index (χ2v) is 7.82. The molecule has 2 aromatic rings. The molecule has 0 radical (unpaired) electrons. The molecule has 0 unspecified atom stereocenters. The second-order valence-electron chi connectivity index (χ2n) is 5.26. The van der Waals surface area contributed by atoms with Crippen molar-refractivity contribution in [1.82, 2.24) is 0 Å². The van der Waals surface area contributed by atoms with Gasteiger partial charge in [0.25, 0.3) is 0 Å². The summed E-state index contributed by atoms with van der Waals surface area (Å²) in [5.74, 6) is -0.305. The van der Waals surface area contributed by atoms with E-state index < -0.39 is 15.9 Å². The standard InChI is InChI=1S/C17H19ClN2O4S/c1-20(14-6-4-3-5-7-14)25(22,23)11-10-17(21)19-15-12-13(18)8-9-16(15)24-2/h3-9,12H,10-11H2,1-2H3,(H,19,21). The summed E-state index contributed by atoms with van der Waals surface area (Å²) >= 11 is 5.91. The molecule has 0 saturated heterocycles. The number of amides is 1. The van der Waals surface area contributed by atoms with Gasteiger partial charge in [0.1, 0.15) is 5.75 Å². The van der Waals surface area contributed by atoms with Gasteiger partial charge in [-0.15, -0.1) is 0 Å². The molecule has 25 heavy (non-hydrogen) atoms. The number of methoxy groups -OCH3 is 1. The largest absolute Gasteiger partial charge is 0.495 e. The molecule has 0 aliphatic carbocycles. The van der Waals surface area contributed by atoms with Gasteiger partial charge >= 0.3 is 0 Å². The molecule has 0 heterocycles. The number of para-hydroxylation sites is 1. The molecule has 0 fully saturated rings. The monoisotopic (exact) mass is 382 g/mol. The first kappa shape index (κ1) is 19.1. The van der Waals surface area contributed by atoms with E-state index in [0.717, 1.165) is 0 Å². The molecule has 0 aliphatic rings. The Bertz CT molecular complexity index is 841. The van der Waals surface area contributed by atoms with Gasteiger partial charge in [-0.2, -0.15) is 0 Å². The van der Waals surface area contributed by atoms with Crippen molar-refractivity contribution >= 4 is 38.9 Å². The van der Waals surface area contributed by atoms with Gasteiger partial charge in [-0.05, 0) is 30.3 Å². The number of sulfonamides is 1. The highest BCUT2D eigenvalue weighted by Crippen LogP contribution is 2.27. The molecule has 6 nitrogen and oxygen atoms in total. The maximum atomic E-state index is 12.4. The van der Waals surface area contributed by atoms with Crippen molar-refractivity contribution in [3.05, 3.63) is 53.6 Å². The van der Waals surface area contributed by atoms with Crippen LogP contribution in [0.25, 0.3) is 0 Å². The average molecular weight is 383 g/mol. The first-order valence-electron chi connectivity index (χ1n) is 7.48. The fraction of sp³-hybridized carbons (Fsp3) is 0.235. The Morgan fingerprint density at radius 1 is 1.20 bits per heavy atom. The predicted octanol–water partition coefficient (Wildman–Crippen LogP) is 3.14. The number of halogens is 1. The van der Waals surface area contributed by atoms with Gasteiger partial charge in [0.2, 0.25) is 15.9 Å². The van der Waals surface area contributed by atoms with Crippen LogP contribution in [0.4, 0.5) is 11.4 Å². The zero-order valence-corrected chi connectivity index (χ0v) is 15.5. The summed E-state index contributed by atoms with van der Waals surface area (Å²) in [5.41, 5.74) is 0.938. The predicted molar refractivity (Wildman–Crippen MR) is 99.9 cm³/mol. The van der Waals surface area contributed by atoms with Crippen LogP contribution in [0, 0.1) is 0 Å². The summed E-state index contributed by atoms with van der Waals surface area (Å²) in [4.78, 5) is 12.1. The van der Waals surface area contributed by atoms with Crippen LogP contribution in [0.3, 0.4) is 0 Å². The molecule has 134 valence electrons. The lowest BCUT2D eigenvalue weighted by molar-refractivity contribution is -0.115. The zero-order valence-electron chi connectivity index (χ0n) is 13.9. The fourth-order valence-corrected chi connectivity index (χ4v) is 3.48. The van der Waals surface area contributed by atoms with E-state index in [0.29, 0.717) is 22.1 Å². The molecule has 0 atom stereocenters. The fourth-order valence-electron chi connectivity index (χ4n) is 2.15. The topological polar surface area (TPSA) is 75.7 Å². The zero-order chi connectivity index (χ0) is 18.4. The number of nitrogens with zero attached hydrogens (tertiary/aromatic N) is 1. The Hall–Kier alpha value is -2.25. The first-order chi connectivity index (χ1) is 11.8. The number of hydrogen-bond acceptors (Lipinski definition) is 4. The highest BCUT2D eigenvalue weighted by Gasteiger charge is 2.20. The minimum Gasteiger partial charge on any atom is -0.495 e. The van der Waals surface area contributed by atoms with Crippen LogP contribution < -0.4 is 14.4 Å². The van der Waals surface area contributed by atoms with Gasteiger partial charge in [0.05, 0.1) is 24.2 Å². The molecule has 2 rings (SSSR count). The normalized spacial score (nSPS) is 11.0. The van der Waals surface area contributed by atoms with Crippen LogP contribution in [-0.4, -0.2) is 34.2 Å². The highest BCUT2D eigenvalue weighted by molar-refractivity contribution is 7.92. The number of carbonyl (C=O) groups excluding carboxylic acids is 1. The Balaban J connectivity index is 2.01. The van der Waals surface area contributed by atoms with Crippen LogP contribution in [0.5, 0.6) is 5.75 Å². The van der Waals surface area contributed by atoms with Crippen molar-refractivity contribution in [2.24, 2.45) is 0 Å². The molecule has 0 saturated carbocycles. The number of rotatable bonds is 7. The van der Waals surface area contributed by atoms with Crippen LogP contribution >= 0.6 is 11.6 Å². The molecule has 0 spiro atoms. The van der Waals surface area contributed by atoms with E-state index in [2.05, 4.69) is 5.32 Å². The number of nitrogens with one attached hydrogen (secondary N) is 1. The Labute approximate surface area is 152 Å². The maximum absolute atomic E-state index is 12.4. The van der Waals surface area contributed by atoms with Crippen molar-refractivity contribution in [3.63, 3.8) is 0 Å². The third-order valence-corrected chi connectivity index (χ3v) is 5.56. The first-order valence-corrected chi connectivity index (χ1v) is 9.47. The number of benzene rings is 2. The Kier molecular flexibility index (Phi) is 6.27. The van der Waals surface area contributed by atoms with Crippen LogP contribution in [-0.2, 0) is 14.8 Å². The molecule has 0 bridgehead atoms. The maximum Gasteiger partial charge on any atom is 0.235 e. The van der Waals surface area contributed by atoms with Crippen molar-refractivity contribution in [2.45, 2.75) is 6.42 Å². The summed E-state index contributed by atoms with van der Waals surface area (Å²) in [5, 5.41) is 3.06. The summed E-state index contributed by atoms with van der Waals surface area (Å²) in [6, 6.07) is 13.5. The Morgan fingerprint density at radius 2 is 1.88 bits per heavy atom. The van der Waals surface area contributed by atoms with E-state index in [1.807, 2.05) is 0 Å². The second kappa shape index (κ2) is 8.22. The smallest absolute Gasteiger partial charge is 0.235 e. The molecule has 1 N–H and O–H groups in total. The van der Waals surface area contributed by atoms with Crippen molar-refractivity contribution < 1.29 is 17.9 Å². The molecule has 0 aromatic heterocycles. The van der Waals surface area contributed by atoms with Gasteiger partial charge in [0, 0.05) is 18.5 Å². The summed E-state index contributed by atoms with van der Waals surface area (Å²) in [6.45, 7) is 0. The van der Waals surface area contributed by atoms with Gasteiger partial charge in [-0.3, -0.25) is 9.10 Å². The lowest BCUT2D eigenvalue weighted by Crippen LogP contribution is -2.30. The highest BCUT2D eigenvalue weighted by atomic mass is 35.5. The van der Waals surface area contributed by atoms with E-state index >= 15 is 0 Å². The third-order valence-electron chi connectivity index (χ3n) is 3.56. The van der Waals surface area contributed by atoms with Gasteiger partial charge in [0.15, 0.2) is 0 Å². The molecule has 0 aliphatic heterocycles.